The van der Waals surface area contributed by atoms with E-state index < -0.39 is 0 Å². The van der Waals surface area contributed by atoms with Crippen molar-refractivity contribution in [3.63, 3.8) is 0 Å². The third-order valence-electron chi connectivity index (χ3n) is 3.36. The van der Waals surface area contributed by atoms with E-state index in [1.807, 2.05) is 44.2 Å². The number of aryl methyl sites for hydroxylation is 2. The number of nitrogens with one attached hydrogen (secondary N) is 1. The third kappa shape index (κ3) is 5.59. The van der Waals surface area contributed by atoms with E-state index >= 15 is 0 Å². The third-order valence-corrected chi connectivity index (χ3v) is 3.36. The van der Waals surface area contributed by atoms with Crippen LogP contribution < -0.4 is 14.8 Å². The Balaban J connectivity index is 1.86. The van der Waals surface area contributed by atoms with Crippen LogP contribution in [0.2, 0.25) is 0 Å². The highest BCUT2D eigenvalue weighted by Crippen LogP contribution is 2.19. The minimum Gasteiger partial charge on any atom is -0.491 e. The molecule has 2 rings (SSSR count). The standard InChI is InChI=1S/C19H23NO4/c1-14-7-8-18(15(2)11-14)24-13-19(21)20-16-5-4-6-17(12-16)23-10-9-22-3/h4-8,11-12H,9-10,13H2,1-3H3,(H,20,21). The van der Waals surface area contributed by atoms with E-state index in [4.69, 9.17) is 14.2 Å². The van der Waals surface area contributed by atoms with Crippen molar-refractivity contribution in [1.29, 1.82) is 0 Å². The van der Waals surface area contributed by atoms with Crippen molar-refractivity contribution >= 4 is 11.6 Å². The fourth-order valence-corrected chi connectivity index (χ4v) is 2.21. The summed E-state index contributed by atoms with van der Waals surface area (Å²) in [5, 5.41) is 2.80. The average molecular weight is 329 g/mol. The number of ether oxygens (including phenoxy) is 3. The lowest BCUT2D eigenvalue weighted by atomic mass is 10.1. The number of methoxy groups -OCH3 is 1. The number of amides is 1. The van der Waals surface area contributed by atoms with E-state index in [1.54, 1.807) is 19.2 Å². The molecule has 0 aliphatic carbocycles. The van der Waals surface area contributed by atoms with Crippen LogP contribution in [0.3, 0.4) is 0 Å². The van der Waals surface area contributed by atoms with E-state index in [1.165, 1.54) is 0 Å². The Morgan fingerprint density at radius 3 is 2.62 bits per heavy atom. The van der Waals surface area contributed by atoms with Crippen molar-refractivity contribution < 1.29 is 19.0 Å². The molecule has 0 spiro atoms. The summed E-state index contributed by atoms with van der Waals surface area (Å²) >= 11 is 0. The highest BCUT2D eigenvalue weighted by molar-refractivity contribution is 5.92. The van der Waals surface area contributed by atoms with Crippen molar-refractivity contribution in [2.75, 3.05) is 32.2 Å². The van der Waals surface area contributed by atoms with Gasteiger partial charge in [-0.05, 0) is 37.6 Å². The minimum atomic E-state index is -0.219. The van der Waals surface area contributed by atoms with Gasteiger partial charge in [-0.15, -0.1) is 0 Å². The van der Waals surface area contributed by atoms with Gasteiger partial charge in [-0.25, -0.2) is 0 Å². The fraction of sp³-hybridized carbons (Fsp3) is 0.316. The summed E-state index contributed by atoms with van der Waals surface area (Å²) < 4.78 is 16.0. The normalized spacial score (nSPS) is 10.3. The maximum atomic E-state index is 12.0. The first-order valence-electron chi connectivity index (χ1n) is 7.80. The lowest BCUT2D eigenvalue weighted by Crippen LogP contribution is -2.20. The molecule has 0 saturated heterocycles. The molecule has 1 N–H and O–H groups in total. The van der Waals surface area contributed by atoms with Gasteiger partial charge >= 0.3 is 0 Å². The largest absolute Gasteiger partial charge is 0.491 e. The number of carbonyl (C=O) groups is 1. The van der Waals surface area contributed by atoms with Crippen LogP contribution in [-0.4, -0.2) is 32.8 Å². The van der Waals surface area contributed by atoms with Crippen LogP contribution in [-0.2, 0) is 9.53 Å². The Labute approximate surface area is 142 Å². The first-order valence-corrected chi connectivity index (χ1v) is 7.80. The van der Waals surface area contributed by atoms with Crippen molar-refractivity contribution in [1.82, 2.24) is 0 Å². The summed E-state index contributed by atoms with van der Waals surface area (Å²) in [6.07, 6.45) is 0. The summed E-state index contributed by atoms with van der Waals surface area (Å²) in [6.45, 7) is 4.91. The zero-order chi connectivity index (χ0) is 17.4. The van der Waals surface area contributed by atoms with Crippen LogP contribution in [0, 0.1) is 13.8 Å². The highest BCUT2D eigenvalue weighted by atomic mass is 16.5. The summed E-state index contributed by atoms with van der Waals surface area (Å²) in [5.74, 6) is 1.18. The molecule has 0 heterocycles. The topological polar surface area (TPSA) is 56.8 Å². The predicted octanol–water partition coefficient (Wildman–Crippen LogP) is 3.35. The second kappa shape index (κ2) is 8.93. The maximum Gasteiger partial charge on any atom is 0.262 e. The zero-order valence-corrected chi connectivity index (χ0v) is 14.3. The molecular weight excluding hydrogens is 306 g/mol. The molecule has 5 heteroatoms. The highest BCUT2D eigenvalue weighted by Gasteiger charge is 2.06. The molecule has 0 aliphatic heterocycles. The lowest BCUT2D eigenvalue weighted by molar-refractivity contribution is -0.118. The number of anilines is 1. The number of hydrogen-bond donors (Lipinski definition) is 1. The molecule has 0 radical (unpaired) electrons. The number of rotatable bonds is 8. The Morgan fingerprint density at radius 2 is 1.88 bits per heavy atom. The van der Waals surface area contributed by atoms with Crippen molar-refractivity contribution in [3.05, 3.63) is 53.6 Å². The molecule has 128 valence electrons. The van der Waals surface area contributed by atoms with Gasteiger partial charge in [-0.3, -0.25) is 4.79 Å². The molecule has 1 amide bonds. The molecule has 0 aromatic heterocycles. The molecule has 2 aromatic carbocycles. The van der Waals surface area contributed by atoms with Crippen LogP contribution in [0.5, 0.6) is 11.5 Å². The average Bonchev–Trinajstić information content (AvgIpc) is 2.55. The second-order valence-electron chi connectivity index (χ2n) is 5.47. The molecule has 0 aliphatic rings. The van der Waals surface area contributed by atoms with Gasteiger partial charge in [0.05, 0.1) is 6.61 Å². The van der Waals surface area contributed by atoms with Gasteiger partial charge < -0.3 is 19.5 Å². The first-order chi connectivity index (χ1) is 11.6. The first kappa shape index (κ1) is 17.8. The molecule has 0 atom stereocenters. The molecule has 0 fully saturated rings. The van der Waals surface area contributed by atoms with Crippen molar-refractivity contribution in [2.24, 2.45) is 0 Å². The Hall–Kier alpha value is -2.53. The molecule has 0 bridgehead atoms. The number of benzene rings is 2. The van der Waals surface area contributed by atoms with Gasteiger partial charge in [-0.1, -0.05) is 23.8 Å². The Bertz CT molecular complexity index is 685. The Morgan fingerprint density at radius 1 is 1.04 bits per heavy atom. The van der Waals surface area contributed by atoms with E-state index in [9.17, 15) is 4.79 Å². The van der Waals surface area contributed by atoms with Gasteiger partial charge in [0.2, 0.25) is 0 Å². The number of carbonyl (C=O) groups excluding carboxylic acids is 1. The quantitative estimate of drug-likeness (QED) is 0.755. The van der Waals surface area contributed by atoms with Gasteiger partial charge in [0, 0.05) is 18.9 Å². The maximum absolute atomic E-state index is 12.0. The van der Waals surface area contributed by atoms with E-state index in [0.29, 0.717) is 30.4 Å². The monoisotopic (exact) mass is 329 g/mol. The fourth-order valence-electron chi connectivity index (χ4n) is 2.21. The van der Waals surface area contributed by atoms with E-state index in [2.05, 4.69) is 5.32 Å². The summed E-state index contributed by atoms with van der Waals surface area (Å²) in [5.41, 5.74) is 2.84. The van der Waals surface area contributed by atoms with Crippen LogP contribution in [0.25, 0.3) is 0 Å². The predicted molar refractivity (Wildman–Crippen MR) is 93.9 cm³/mol. The molecule has 24 heavy (non-hydrogen) atoms. The number of hydrogen-bond acceptors (Lipinski definition) is 4. The summed E-state index contributed by atoms with van der Waals surface area (Å²) in [6, 6.07) is 13.1. The SMILES string of the molecule is COCCOc1cccc(NC(=O)COc2ccc(C)cc2C)c1. The summed E-state index contributed by atoms with van der Waals surface area (Å²) in [7, 11) is 1.62. The van der Waals surface area contributed by atoms with E-state index in [-0.39, 0.29) is 12.5 Å². The van der Waals surface area contributed by atoms with Gasteiger partial charge in [0.15, 0.2) is 6.61 Å². The van der Waals surface area contributed by atoms with Gasteiger partial charge in [-0.2, -0.15) is 0 Å². The van der Waals surface area contributed by atoms with Gasteiger partial charge in [0.25, 0.3) is 5.91 Å². The summed E-state index contributed by atoms with van der Waals surface area (Å²) in [4.78, 5) is 12.0. The molecule has 0 saturated carbocycles. The molecule has 2 aromatic rings. The van der Waals surface area contributed by atoms with E-state index in [0.717, 1.165) is 11.1 Å². The lowest BCUT2D eigenvalue weighted by Gasteiger charge is -2.11. The smallest absolute Gasteiger partial charge is 0.262 e. The van der Waals surface area contributed by atoms with Crippen molar-refractivity contribution in [2.45, 2.75) is 13.8 Å². The molecular formula is C19H23NO4. The molecule has 0 unspecified atom stereocenters. The van der Waals surface area contributed by atoms with Crippen LogP contribution >= 0.6 is 0 Å². The Kier molecular flexibility index (Phi) is 6.63. The van der Waals surface area contributed by atoms with Crippen LogP contribution in [0.15, 0.2) is 42.5 Å². The van der Waals surface area contributed by atoms with Crippen LogP contribution in [0.4, 0.5) is 5.69 Å². The second-order valence-corrected chi connectivity index (χ2v) is 5.47. The van der Waals surface area contributed by atoms with Gasteiger partial charge in [0.1, 0.15) is 18.1 Å². The zero-order valence-electron chi connectivity index (χ0n) is 14.3. The minimum absolute atomic E-state index is 0.0430. The van der Waals surface area contributed by atoms with Crippen LogP contribution in [0.1, 0.15) is 11.1 Å². The van der Waals surface area contributed by atoms with Crippen molar-refractivity contribution in [3.8, 4) is 11.5 Å². The molecule has 5 nitrogen and oxygen atoms in total.